The number of benzene rings is 1. The van der Waals surface area contributed by atoms with E-state index in [1.54, 1.807) is 17.7 Å². The number of anilines is 1. The zero-order valence-corrected chi connectivity index (χ0v) is 12.7. The number of aromatic hydroxyl groups is 1. The minimum absolute atomic E-state index is 0.0850. The van der Waals surface area contributed by atoms with Crippen molar-refractivity contribution in [3.8, 4) is 11.4 Å². The van der Waals surface area contributed by atoms with Gasteiger partial charge in [0.05, 0.1) is 11.4 Å². The van der Waals surface area contributed by atoms with Crippen molar-refractivity contribution < 1.29 is 9.90 Å². The Kier molecular flexibility index (Phi) is 3.76. The first-order valence-corrected chi connectivity index (χ1v) is 7.01. The van der Waals surface area contributed by atoms with Crippen molar-refractivity contribution in [1.82, 2.24) is 20.0 Å². The van der Waals surface area contributed by atoms with Crippen molar-refractivity contribution >= 4 is 11.7 Å². The van der Waals surface area contributed by atoms with Gasteiger partial charge in [-0.2, -0.15) is 0 Å². The number of carbonyl (C=O) groups excluding carboxylic acids is 1. The highest BCUT2D eigenvalue weighted by molar-refractivity contribution is 6.03. The van der Waals surface area contributed by atoms with E-state index in [1.807, 2.05) is 31.2 Å². The Balaban J connectivity index is 1.88. The number of amides is 1. The molecule has 1 amide bonds. The molecular weight excluding hydrogens is 294 g/mol. The molecule has 0 spiro atoms. The first-order chi connectivity index (χ1) is 11.1. The quantitative estimate of drug-likeness (QED) is 0.774. The Morgan fingerprint density at radius 1 is 1.17 bits per heavy atom. The molecule has 2 aromatic heterocycles. The molecule has 3 aromatic rings. The second-order valence-electron chi connectivity index (χ2n) is 5.10. The smallest absolute Gasteiger partial charge is 0.279 e. The van der Waals surface area contributed by atoms with Gasteiger partial charge in [0.15, 0.2) is 17.3 Å². The molecule has 0 fully saturated rings. The molecule has 7 heteroatoms. The topological polar surface area (TPSA) is 92.9 Å². The second-order valence-corrected chi connectivity index (χ2v) is 5.10. The van der Waals surface area contributed by atoms with Crippen LogP contribution < -0.4 is 5.32 Å². The molecule has 0 bridgehead atoms. The van der Waals surface area contributed by atoms with E-state index in [-0.39, 0.29) is 17.3 Å². The molecule has 0 radical (unpaired) electrons. The van der Waals surface area contributed by atoms with Crippen LogP contribution in [0.25, 0.3) is 5.69 Å². The molecule has 7 nitrogen and oxygen atoms in total. The van der Waals surface area contributed by atoms with Crippen molar-refractivity contribution in [2.75, 3.05) is 5.32 Å². The maximum atomic E-state index is 12.3. The number of hydrogen-bond acceptors (Lipinski definition) is 5. The lowest BCUT2D eigenvalue weighted by atomic mass is 10.2. The van der Waals surface area contributed by atoms with E-state index < -0.39 is 5.91 Å². The highest BCUT2D eigenvalue weighted by atomic mass is 16.3. The van der Waals surface area contributed by atoms with Gasteiger partial charge in [-0.1, -0.05) is 22.9 Å². The number of hydrogen-bond donors (Lipinski definition) is 2. The van der Waals surface area contributed by atoms with Crippen molar-refractivity contribution in [3.05, 3.63) is 59.5 Å². The molecule has 0 aliphatic carbocycles. The number of pyridine rings is 1. The van der Waals surface area contributed by atoms with E-state index in [9.17, 15) is 9.90 Å². The monoisotopic (exact) mass is 309 g/mol. The second kappa shape index (κ2) is 5.88. The molecule has 116 valence electrons. The molecule has 2 heterocycles. The SMILES string of the molecule is Cc1ccc(-n2nnc(C(=O)Nc3ncccc3O)c2C)cc1. The van der Waals surface area contributed by atoms with Gasteiger partial charge < -0.3 is 10.4 Å². The van der Waals surface area contributed by atoms with Crippen LogP contribution in [0, 0.1) is 13.8 Å². The fourth-order valence-electron chi connectivity index (χ4n) is 2.13. The van der Waals surface area contributed by atoms with E-state index in [4.69, 9.17) is 0 Å². The van der Waals surface area contributed by atoms with E-state index in [0.29, 0.717) is 5.69 Å². The van der Waals surface area contributed by atoms with Crippen LogP contribution in [0.2, 0.25) is 0 Å². The molecule has 1 aromatic carbocycles. The Hall–Kier alpha value is -3.22. The minimum atomic E-state index is -0.477. The van der Waals surface area contributed by atoms with Gasteiger partial charge in [0.1, 0.15) is 0 Å². The van der Waals surface area contributed by atoms with Gasteiger partial charge in [-0.15, -0.1) is 5.10 Å². The number of nitrogens with one attached hydrogen (secondary N) is 1. The summed E-state index contributed by atoms with van der Waals surface area (Å²) < 4.78 is 1.59. The highest BCUT2D eigenvalue weighted by Gasteiger charge is 2.18. The molecule has 23 heavy (non-hydrogen) atoms. The third-order valence-electron chi connectivity index (χ3n) is 3.41. The summed E-state index contributed by atoms with van der Waals surface area (Å²) in [5.41, 5.74) is 2.73. The average molecular weight is 309 g/mol. The van der Waals surface area contributed by atoms with Crippen LogP contribution in [-0.2, 0) is 0 Å². The van der Waals surface area contributed by atoms with Crippen molar-refractivity contribution in [2.45, 2.75) is 13.8 Å². The fourth-order valence-corrected chi connectivity index (χ4v) is 2.13. The maximum Gasteiger partial charge on any atom is 0.279 e. The maximum absolute atomic E-state index is 12.3. The summed E-state index contributed by atoms with van der Waals surface area (Å²) in [4.78, 5) is 16.2. The van der Waals surface area contributed by atoms with E-state index in [2.05, 4.69) is 20.6 Å². The molecule has 3 rings (SSSR count). The van der Waals surface area contributed by atoms with E-state index >= 15 is 0 Å². The number of rotatable bonds is 3. The lowest BCUT2D eigenvalue weighted by Crippen LogP contribution is -2.15. The number of nitrogens with zero attached hydrogens (tertiary/aromatic N) is 4. The molecule has 2 N–H and O–H groups in total. The molecular formula is C16H15N5O2. The van der Waals surface area contributed by atoms with Crippen LogP contribution in [0.1, 0.15) is 21.7 Å². The summed E-state index contributed by atoms with van der Waals surface area (Å²) in [6, 6.07) is 10.7. The first-order valence-electron chi connectivity index (χ1n) is 7.01. The number of aromatic nitrogens is 4. The minimum Gasteiger partial charge on any atom is -0.504 e. The van der Waals surface area contributed by atoms with Crippen LogP contribution >= 0.6 is 0 Å². The zero-order chi connectivity index (χ0) is 16.4. The number of aryl methyl sites for hydroxylation is 1. The van der Waals surface area contributed by atoms with Crippen molar-refractivity contribution in [1.29, 1.82) is 0 Å². The third-order valence-corrected chi connectivity index (χ3v) is 3.41. The summed E-state index contributed by atoms with van der Waals surface area (Å²) >= 11 is 0. The summed E-state index contributed by atoms with van der Waals surface area (Å²) in [5, 5.41) is 20.1. The fraction of sp³-hybridized carbons (Fsp3) is 0.125. The van der Waals surface area contributed by atoms with Gasteiger partial charge in [0.25, 0.3) is 5.91 Å². The first kappa shape index (κ1) is 14.7. The zero-order valence-electron chi connectivity index (χ0n) is 12.7. The Labute approximate surface area is 132 Å². The van der Waals surface area contributed by atoms with Gasteiger partial charge in [-0.05, 0) is 38.1 Å². The predicted octanol–water partition coefficient (Wildman–Crippen LogP) is 2.24. The molecule has 0 atom stereocenters. The predicted molar refractivity (Wildman–Crippen MR) is 84.7 cm³/mol. The van der Waals surface area contributed by atoms with Gasteiger partial charge >= 0.3 is 0 Å². The summed E-state index contributed by atoms with van der Waals surface area (Å²) in [5.74, 6) is -0.499. The molecule has 0 saturated heterocycles. The molecule has 0 saturated carbocycles. The summed E-state index contributed by atoms with van der Waals surface area (Å²) in [6.45, 7) is 3.75. The molecule has 0 unspecified atom stereocenters. The van der Waals surface area contributed by atoms with Crippen molar-refractivity contribution in [2.24, 2.45) is 0 Å². The van der Waals surface area contributed by atoms with Crippen molar-refractivity contribution in [3.63, 3.8) is 0 Å². The largest absolute Gasteiger partial charge is 0.504 e. The van der Waals surface area contributed by atoms with Gasteiger partial charge in [-0.3, -0.25) is 4.79 Å². The van der Waals surface area contributed by atoms with Gasteiger partial charge in [0, 0.05) is 6.20 Å². The van der Waals surface area contributed by atoms with Crippen LogP contribution in [0.3, 0.4) is 0 Å². The summed E-state index contributed by atoms with van der Waals surface area (Å²) in [6.07, 6.45) is 1.48. The Morgan fingerprint density at radius 2 is 1.91 bits per heavy atom. The third kappa shape index (κ3) is 2.89. The molecule has 0 aliphatic rings. The number of carbonyl (C=O) groups is 1. The van der Waals surface area contributed by atoms with Crippen LogP contribution in [0.5, 0.6) is 5.75 Å². The Morgan fingerprint density at radius 3 is 2.61 bits per heavy atom. The Bertz CT molecular complexity index is 855. The van der Waals surface area contributed by atoms with Gasteiger partial charge in [0.2, 0.25) is 0 Å². The van der Waals surface area contributed by atoms with Crippen LogP contribution in [-0.4, -0.2) is 31.0 Å². The van der Waals surface area contributed by atoms with Gasteiger partial charge in [-0.25, -0.2) is 9.67 Å². The standard InChI is InChI=1S/C16H15N5O2/c1-10-5-7-12(8-6-10)21-11(2)14(19-20-21)16(23)18-15-13(22)4-3-9-17-15/h3-9,22H,1-2H3,(H,17,18,23). The molecule has 0 aliphatic heterocycles. The normalized spacial score (nSPS) is 10.5. The highest BCUT2D eigenvalue weighted by Crippen LogP contribution is 2.20. The average Bonchev–Trinajstić information content (AvgIpc) is 2.92. The van der Waals surface area contributed by atoms with E-state index in [0.717, 1.165) is 11.3 Å². The lowest BCUT2D eigenvalue weighted by molar-refractivity contribution is 0.102. The summed E-state index contributed by atoms with van der Waals surface area (Å²) in [7, 11) is 0. The lowest BCUT2D eigenvalue weighted by Gasteiger charge is -2.06. The van der Waals surface area contributed by atoms with E-state index in [1.165, 1.54) is 12.3 Å². The van der Waals surface area contributed by atoms with Crippen LogP contribution in [0.15, 0.2) is 42.6 Å². The van der Waals surface area contributed by atoms with Crippen LogP contribution in [0.4, 0.5) is 5.82 Å².